The first-order valence-electron chi connectivity index (χ1n) is 25.0. The van der Waals surface area contributed by atoms with Crippen molar-refractivity contribution >= 4 is 27.8 Å². The monoisotopic (exact) mass is 907 g/mol. The topological polar surface area (TPSA) is 3.24 Å². The first-order valence-corrected chi connectivity index (χ1v) is 25.0. The molecule has 0 fully saturated rings. The van der Waals surface area contributed by atoms with E-state index in [1.54, 1.807) is 0 Å². The Morgan fingerprint density at radius 3 is 1.49 bits per heavy atom. The Labute approximate surface area is 418 Å². The maximum Gasteiger partial charge on any atom is 0.0540 e. The van der Waals surface area contributed by atoms with Crippen LogP contribution in [0.15, 0.2) is 249 Å². The van der Waals surface area contributed by atoms with Crippen molar-refractivity contribution in [3.63, 3.8) is 0 Å². The molecule has 0 aliphatic heterocycles. The number of rotatable bonds is 8. The SMILES string of the molecule is CC1(C)c2ccccc2-c2ccc(-c3ccccc3N(c3ccc(-c4ccccc4-c4cccc5c4C(C)(C)c4ccccc4-5)cc3)c3ccccc3-c3cccc4ccc(-c5ccccc5)cc34)cc21. The molecule has 1 nitrogen and oxygen atoms in total. The van der Waals surface area contributed by atoms with Gasteiger partial charge in [0.25, 0.3) is 0 Å². The molecule has 0 radical (unpaired) electrons. The predicted molar refractivity (Wildman–Crippen MR) is 301 cm³/mol. The van der Waals surface area contributed by atoms with Gasteiger partial charge in [-0.05, 0) is 136 Å². The minimum Gasteiger partial charge on any atom is -0.309 e. The van der Waals surface area contributed by atoms with Gasteiger partial charge in [-0.1, -0.05) is 240 Å². The van der Waals surface area contributed by atoms with Crippen molar-refractivity contribution in [2.45, 2.75) is 38.5 Å². The zero-order chi connectivity index (χ0) is 47.8. The van der Waals surface area contributed by atoms with Gasteiger partial charge in [-0.15, -0.1) is 0 Å². The molecule has 13 rings (SSSR count). The third-order valence-electron chi connectivity index (χ3n) is 15.7. The van der Waals surface area contributed by atoms with Crippen LogP contribution in [0.25, 0.3) is 88.7 Å². The number of nitrogens with zero attached hydrogens (tertiary/aromatic N) is 1. The van der Waals surface area contributed by atoms with Crippen LogP contribution in [-0.4, -0.2) is 0 Å². The van der Waals surface area contributed by atoms with Crippen molar-refractivity contribution in [3.05, 3.63) is 271 Å². The summed E-state index contributed by atoms with van der Waals surface area (Å²) in [6, 6.07) is 92.4. The van der Waals surface area contributed by atoms with Crippen LogP contribution in [0.2, 0.25) is 0 Å². The zero-order valence-corrected chi connectivity index (χ0v) is 40.6. The Bertz CT molecular complexity index is 3870. The first-order chi connectivity index (χ1) is 34.8. The summed E-state index contributed by atoms with van der Waals surface area (Å²) in [4.78, 5) is 2.50. The number of hydrogen-bond donors (Lipinski definition) is 0. The molecular formula is C70H53N. The summed E-state index contributed by atoms with van der Waals surface area (Å²) < 4.78 is 0. The van der Waals surface area contributed by atoms with Gasteiger partial charge < -0.3 is 4.90 Å². The van der Waals surface area contributed by atoms with Crippen molar-refractivity contribution in [1.29, 1.82) is 0 Å². The van der Waals surface area contributed by atoms with Crippen molar-refractivity contribution in [2.24, 2.45) is 0 Å². The Balaban J connectivity index is 0.985. The average molecular weight is 908 g/mol. The molecule has 0 bridgehead atoms. The molecule has 0 N–H and O–H groups in total. The van der Waals surface area contributed by atoms with E-state index < -0.39 is 0 Å². The van der Waals surface area contributed by atoms with Crippen LogP contribution >= 0.6 is 0 Å². The van der Waals surface area contributed by atoms with Crippen molar-refractivity contribution in [3.8, 4) is 77.9 Å². The lowest BCUT2D eigenvalue weighted by Crippen LogP contribution is -2.16. The quantitative estimate of drug-likeness (QED) is 0.147. The fourth-order valence-electron chi connectivity index (χ4n) is 12.2. The van der Waals surface area contributed by atoms with Crippen LogP contribution in [0.5, 0.6) is 0 Å². The van der Waals surface area contributed by atoms with Crippen LogP contribution in [-0.2, 0) is 10.8 Å². The standard InChI is InChI=1S/C70H53N/c1-69(2)63-32-14-10-26-56(63)58-43-40-50(45-65(58)69)53-24-12-16-34-66(53)71(67-35-17-13-28-59(67)55-29-18-22-47-36-37-49(44-62(47)55)46-20-6-5-7-21-46)51-41-38-48(39-42-51)52-23-8-9-25-54(52)60-30-19-31-61-57-27-11-15-33-64(57)70(3,4)68(60)61/h5-45H,1-4H3. The summed E-state index contributed by atoms with van der Waals surface area (Å²) in [5.41, 5.74) is 26.0. The Morgan fingerprint density at radius 1 is 0.268 bits per heavy atom. The van der Waals surface area contributed by atoms with Crippen LogP contribution in [0.4, 0.5) is 17.1 Å². The highest BCUT2D eigenvalue weighted by atomic mass is 15.1. The van der Waals surface area contributed by atoms with E-state index in [0.717, 1.165) is 17.1 Å². The molecule has 11 aromatic carbocycles. The molecule has 0 saturated heterocycles. The lowest BCUT2D eigenvalue weighted by atomic mass is 9.78. The van der Waals surface area contributed by atoms with Gasteiger partial charge in [0.15, 0.2) is 0 Å². The Kier molecular flexibility index (Phi) is 9.94. The molecule has 0 saturated carbocycles. The first kappa shape index (κ1) is 42.6. The zero-order valence-electron chi connectivity index (χ0n) is 40.6. The van der Waals surface area contributed by atoms with Gasteiger partial charge in [0.1, 0.15) is 0 Å². The van der Waals surface area contributed by atoms with Crippen LogP contribution in [0, 0.1) is 0 Å². The molecular weight excluding hydrogens is 855 g/mol. The molecule has 0 aromatic heterocycles. The molecule has 2 aliphatic rings. The van der Waals surface area contributed by atoms with E-state index in [0.29, 0.717) is 0 Å². The predicted octanol–water partition coefficient (Wildman–Crippen LogP) is 19.3. The summed E-state index contributed by atoms with van der Waals surface area (Å²) in [7, 11) is 0. The molecule has 338 valence electrons. The molecule has 0 unspecified atom stereocenters. The average Bonchev–Trinajstić information content (AvgIpc) is 3.80. The number of hydrogen-bond acceptors (Lipinski definition) is 1. The molecule has 0 atom stereocenters. The van der Waals surface area contributed by atoms with E-state index >= 15 is 0 Å². The second-order valence-electron chi connectivity index (χ2n) is 20.4. The Hall–Kier alpha value is -8.52. The minimum absolute atomic E-state index is 0.123. The number of anilines is 3. The van der Waals surface area contributed by atoms with Gasteiger partial charge in [-0.2, -0.15) is 0 Å². The van der Waals surface area contributed by atoms with Gasteiger partial charge in [0.2, 0.25) is 0 Å². The smallest absolute Gasteiger partial charge is 0.0540 e. The van der Waals surface area contributed by atoms with E-state index in [-0.39, 0.29) is 10.8 Å². The van der Waals surface area contributed by atoms with E-state index in [4.69, 9.17) is 0 Å². The molecule has 0 amide bonds. The molecule has 71 heavy (non-hydrogen) atoms. The second kappa shape index (κ2) is 16.6. The van der Waals surface area contributed by atoms with Crippen LogP contribution in [0.1, 0.15) is 49.9 Å². The summed E-state index contributed by atoms with van der Waals surface area (Å²) in [6.45, 7) is 9.50. The van der Waals surface area contributed by atoms with Crippen molar-refractivity contribution in [1.82, 2.24) is 0 Å². The number of para-hydroxylation sites is 2. The minimum atomic E-state index is -0.132. The molecule has 1 heteroatoms. The molecule has 0 heterocycles. The highest BCUT2D eigenvalue weighted by Gasteiger charge is 2.38. The summed E-state index contributed by atoms with van der Waals surface area (Å²) in [5, 5.41) is 2.44. The van der Waals surface area contributed by atoms with E-state index in [2.05, 4.69) is 281 Å². The van der Waals surface area contributed by atoms with Gasteiger partial charge in [-0.25, -0.2) is 0 Å². The van der Waals surface area contributed by atoms with Crippen molar-refractivity contribution in [2.75, 3.05) is 4.90 Å². The highest BCUT2D eigenvalue weighted by Crippen LogP contribution is 2.54. The van der Waals surface area contributed by atoms with Crippen LogP contribution in [0.3, 0.4) is 0 Å². The largest absolute Gasteiger partial charge is 0.309 e. The molecule has 11 aromatic rings. The van der Waals surface area contributed by atoms with Gasteiger partial charge in [0, 0.05) is 27.6 Å². The van der Waals surface area contributed by atoms with Crippen LogP contribution < -0.4 is 4.90 Å². The third kappa shape index (κ3) is 6.83. The maximum absolute atomic E-state index is 2.50. The van der Waals surface area contributed by atoms with E-state index in [9.17, 15) is 0 Å². The second-order valence-corrected chi connectivity index (χ2v) is 20.4. The van der Waals surface area contributed by atoms with Crippen molar-refractivity contribution < 1.29 is 0 Å². The summed E-state index contributed by atoms with van der Waals surface area (Å²) in [5.74, 6) is 0. The van der Waals surface area contributed by atoms with Gasteiger partial charge in [0.05, 0.1) is 11.4 Å². The molecule has 0 spiro atoms. The summed E-state index contributed by atoms with van der Waals surface area (Å²) in [6.07, 6.45) is 0. The van der Waals surface area contributed by atoms with E-state index in [1.807, 2.05) is 0 Å². The number of fused-ring (bicyclic) bond motifs is 7. The molecule has 2 aliphatic carbocycles. The lowest BCUT2D eigenvalue weighted by Gasteiger charge is -2.30. The number of benzene rings is 11. The van der Waals surface area contributed by atoms with E-state index in [1.165, 1.54) is 111 Å². The normalized spacial score (nSPS) is 13.6. The Morgan fingerprint density at radius 2 is 0.761 bits per heavy atom. The highest BCUT2D eigenvalue weighted by molar-refractivity contribution is 6.04. The third-order valence-corrected chi connectivity index (χ3v) is 15.7. The lowest BCUT2D eigenvalue weighted by molar-refractivity contribution is 0.660. The maximum atomic E-state index is 2.50. The van der Waals surface area contributed by atoms with Gasteiger partial charge >= 0.3 is 0 Å². The fraction of sp³-hybridized carbons (Fsp3) is 0.0857. The fourth-order valence-corrected chi connectivity index (χ4v) is 12.2. The van der Waals surface area contributed by atoms with Gasteiger partial charge in [-0.3, -0.25) is 0 Å². The summed E-state index contributed by atoms with van der Waals surface area (Å²) >= 11 is 0.